The first-order valence-electron chi connectivity index (χ1n) is 3.33. The van der Waals surface area contributed by atoms with Crippen molar-refractivity contribution in [1.29, 1.82) is 0 Å². The standard InChI is InChI=1S/C9H13.Mn/c1-9(2,3)8-6-4-5-7-8;/h4-7H,1-3H3;/q-1;. The van der Waals surface area contributed by atoms with E-state index in [1.165, 1.54) is 5.56 Å². The van der Waals surface area contributed by atoms with Crippen LogP contribution >= 0.6 is 0 Å². The van der Waals surface area contributed by atoms with Gasteiger partial charge in [0.1, 0.15) is 0 Å². The normalized spacial score (nSPS) is 10.7. The van der Waals surface area contributed by atoms with Crippen molar-refractivity contribution < 1.29 is 17.1 Å². The van der Waals surface area contributed by atoms with Crippen LogP contribution < -0.4 is 0 Å². The molecule has 0 aliphatic carbocycles. The SMILES string of the molecule is CC(C)(C)[c-]1cccc1.[Mn]. The van der Waals surface area contributed by atoms with Gasteiger partial charge in [-0.05, 0) is 0 Å². The Hall–Kier alpha value is -0.131. The molecule has 0 aromatic heterocycles. The van der Waals surface area contributed by atoms with Crippen LogP contribution in [-0.4, -0.2) is 0 Å². The summed E-state index contributed by atoms with van der Waals surface area (Å²) in [6.07, 6.45) is 0. The fourth-order valence-corrected chi connectivity index (χ4v) is 0.874. The molecule has 0 heterocycles. The van der Waals surface area contributed by atoms with E-state index >= 15 is 0 Å². The zero-order valence-electron chi connectivity index (χ0n) is 6.69. The second kappa shape index (κ2) is 3.32. The van der Waals surface area contributed by atoms with Crippen LogP contribution in [-0.2, 0) is 22.5 Å². The third-order valence-corrected chi connectivity index (χ3v) is 1.53. The van der Waals surface area contributed by atoms with Gasteiger partial charge in [0.2, 0.25) is 0 Å². The Bertz CT molecular complexity index is 167. The summed E-state index contributed by atoms with van der Waals surface area (Å²) in [5, 5.41) is 0. The summed E-state index contributed by atoms with van der Waals surface area (Å²) in [5.41, 5.74) is 1.74. The van der Waals surface area contributed by atoms with Crippen LogP contribution in [0, 0.1) is 0 Å². The summed E-state index contributed by atoms with van der Waals surface area (Å²) in [4.78, 5) is 0. The van der Waals surface area contributed by atoms with E-state index in [-0.39, 0.29) is 17.1 Å². The van der Waals surface area contributed by atoms with Crippen LogP contribution in [0.3, 0.4) is 0 Å². The number of hydrogen-bond donors (Lipinski definition) is 0. The average Bonchev–Trinajstić information content (AvgIpc) is 2.08. The van der Waals surface area contributed by atoms with E-state index in [4.69, 9.17) is 0 Å². The van der Waals surface area contributed by atoms with Gasteiger partial charge in [-0.15, -0.1) is 0 Å². The Morgan fingerprint density at radius 1 is 1.00 bits per heavy atom. The van der Waals surface area contributed by atoms with Crippen molar-refractivity contribution in [3.8, 4) is 0 Å². The average molecular weight is 176 g/mol. The number of rotatable bonds is 0. The summed E-state index contributed by atoms with van der Waals surface area (Å²) in [7, 11) is 0. The van der Waals surface area contributed by atoms with Crippen molar-refractivity contribution in [3.05, 3.63) is 29.8 Å². The third kappa shape index (κ3) is 2.24. The molecule has 0 atom stereocenters. The van der Waals surface area contributed by atoms with Crippen LogP contribution in [0.25, 0.3) is 0 Å². The Kier molecular flexibility index (Phi) is 3.27. The molecular weight excluding hydrogens is 163 g/mol. The molecule has 0 nitrogen and oxygen atoms in total. The van der Waals surface area contributed by atoms with Gasteiger partial charge >= 0.3 is 0 Å². The summed E-state index contributed by atoms with van der Waals surface area (Å²) < 4.78 is 0. The Morgan fingerprint density at radius 3 is 1.60 bits per heavy atom. The number of hydrogen-bond acceptors (Lipinski definition) is 0. The minimum Gasteiger partial charge on any atom is -0.213 e. The van der Waals surface area contributed by atoms with Crippen molar-refractivity contribution in [3.63, 3.8) is 0 Å². The summed E-state index contributed by atoms with van der Waals surface area (Å²) in [6, 6.07) is 8.50. The van der Waals surface area contributed by atoms with E-state index in [1.54, 1.807) is 0 Å². The zero-order chi connectivity index (χ0) is 6.91. The second-order valence-corrected chi connectivity index (χ2v) is 3.42. The van der Waals surface area contributed by atoms with Gasteiger partial charge in [0, 0.05) is 17.1 Å². The first kappa shape index (κ1) is 9.87. The molecular formula is C9H13Mn-. The van der Waals surface area contributed by atoms with Crippen LogP contribution in [0.2, 0.25) is 0 Å². The molecule has 0 aliphatic rings. The maximum atomic E-state index is 2.22. The maximum absolute atomic E-state index is 2.22. The fraction of sp³-hybridized carbons (Fsp3) is 0.444. The van der Waals surface area contributed by atoms with Crippen LogP contribution in [0.1, 0.15) is 26.3 Å². The van der Waals surface area contributed by atoms with Crippen molar-refractivity contribution in [1.82, 2.24) is 0 Å². The van der Waals surface area contributed by atoms with Gasteiger partial charge in [-0.2, -0.15) is 17.7 Å². The molecule has 0 bridgehead atoms. The van der Waals surface area contributed by atoms with Crippen LogP contribution in [0.4, 0.5) is 0 Å². The molecule has 0 spiro atoms. The smallest absolute Gasteiger partial charge is 0 e. The third-order valence-electron chi connectivity index (χ3n) is 1.53. The molecule has 0 aliphatic heterocycles. The van der Waals surface area contributed by atoms with Gasteiger partial charge < -0.3 is 0 Å². The van der Waals surface area contributed by atoms with E-state index in [0.717, 1.165) is 0 Å². The molecule has 0 N–H and O–H groups in total. The second-order valence-electron chi connectivity index (χ2n) is 3.42. The van der Waals surface area contributed by atoms with E-state index in [2.05, 4.69) is 45.0 Å². The van der Waals surface area contributed by atoms with E-state index in [0.29, 0.717) is 5.41 Å². The molecule has 0 saturated heterocycles. The Morgan fingerprint density at radius 2 is 1.40 bits per heavy atom. The monoisotopic (exact) mass is 176 g/mol. The van der Waals surface area contributed by atoms with Crippen molar-refractivity contribution in [2.45, 2.75) is 26.2 Å². The van der Waals surface area contributed by atoms with Crippen molar-refractivity contribution >= 4 is 0 Å². The summed E-state index contributed by atoms with van der Waals surface area (Å²) >= 11 is 0. The van der Waals surface area contributed by atoms with Crippen LogP contribution in [0.15, 0.2) is 24.3 Å². The van der Waals surface area contributed by atoms with Crippen molar-refractivity contribution in [2.75, 3.05) is 0 Å². The quantitative estimate of drug-likeness (QED) is 0.421. The van der Waals surface area contributed by atoms with E-state index in [1.807, 2.05) is 0 Å². The van der Waals surface area contributed by atoms with Crippen molar-refractivity contribution in [2.24, 2.45) is 0 Å². The first-order valence-corrected chi connectivity index (χ1v) is 3.33. The van der Waals surface area contributed by atoms with Gasteiger partial charge in [0.15, 0.2) is 0 Å². The molecule has 57 valence electrons. The molecule has 0 saturated carbocycles. The Balaban J connectivity index is 0.000000810. The maximum Gasteiger partial charge on any atom is 0 e. The molecule has 1 aromatic rings. The van der Waals surface area contributed by atoms with Gasteiger partial charge in [-0.3, -0.25) is 0 Å². The minimum atomic E-state index is 0. The molecule has 0 fully saturated rings. The predicted molar refractivity (Wildman–Crippen MR) is 40.7 cm³/mol. The molecule has 1 aromatic carbocycles. The largest absolute Gasteiger partial charge is 0.213 e. The summed E-state index contributed by atoms with van der Waals surface area (Å²) in [5.74, 6) is 0. The molecule has 0 amide bonds. The topological polar surface area (TPSA) is 0 Å². The zero-order valence-corrected chi connectivity index (χ0v) is 7.87. The Labute approximate surface area is 73.5 Å². The molecule has 1 radical (unpaired) electrons. The fourth-order valence-electron chi connectivity index (χ4n) is 0.874. The molecule has 0 unspecified atom stereocenters. The molecule has 10 heavy (non-hydrogen) atoms. The van der Waals surface area contributed by atoms with Gasteiger partial charge in [0.25, 0.3) is 0 Å². The van der Waals surface area contributed by atoms with E-state index in [9.17, 15) is 0 Å². The first-order chi connectivity index (χ1) is 4.11. The minimum absolute atomic E-state index is 0. The summed E-state index contributed by atoms with van der Waals surface area (Å²) in [6.45, 7) is 6.67. The van der Waals surface area contributed by atoms with Crippen LogP contribution in [0.5, 0.6) is 0 Å². The van der Waals surface area contributed by atoms with Gasteiger partial charge in [0.05, 0.1) is 0 Å². The predicted octanol–water partition coefficient (Wildman–Crippen LogP) is 2.70. The molecule has 1 rings (SSSR count). The van der Waals surface area contributed by atoms with E-state index < -0.39 is 0 Å². The van der Waals surface area contributed by atoms with Gasteiger partial charge in [-0.25, -0.2) is 12.1 Å². The van der Waals surface area contributed by atoms with Gasteiger partial charge in [-0.1, -0.05) is 26.2 Å². The molecule has 1 heteroatoms.